The van der Waals surface area contributed by atoms with Gasteiger partial charge in [-0.25, -0.2) is 15.0 Å². The Kier molecular flexibility index (Phi) is 3.01. The van der Waals surface area contributed by atoms with Crippen LogP contribution in [0.25, 0.3) is 22.6 Å². The first kappa shape index (κ1) is 12.3. The van der Waals surface area contributed by atoms with Crippen LogP contribution in [0.15, 0.2) is 36.5 Å². The minimum absolute atomic E-state index is 0.773. The molecule has 0 spiro atoms. The lowest BCUT2D eigenvalue weighted by molar-refractivity contribution is 0.580. The summed E-state index contributed by atoms with van der Waals surface area (Å²) in [4.78, 5) is 19.1. The van der Waals surface area contributed by atoms with Crippen molar-refractivity contribution in [2.75, 3.05) is 31.1 Å². The molecule has 0 bridgehead atoms. The molecule has 0 saturated carbocycles. The lowest BCUT2D eigenvalue weighted by Crippen LogP contribution is -2.44. The van der Waals surface area contributed by atoms with Crippen molar-refractivity contribution in [2.24, 2.45) is 0 Å². The van der Waals surface area contributed by atoms with Crippen LogP contribution < -0.4 is 10.2 Å². The normalized spacial score (nSPS) is 15.5. The monoisotopic (exact) mass is 280 g/mol. The Bertz CT molecular complexity index is 726. The van der Waals surface area contributed by atoms with Crippen molar-refractivity contribution >= 4 is 17.0 Å². The van der Waals surface area contributed by atoms with E-state index in [0.29, 0.717) is 0 Å². The van der Waals surface area contributed by atoms with E-state index in [2.05, 4.69) is 30.2 Å². The molecule has 21 heavy (non-hydrogen) atoms. The number of fused-ring (bicyclic) bond motifs is 1. The maximum absolute atomic E-state index is 4.66. The van der Waals surface area contributed by atoms with Gasteiger partial charge in [0.2, 0.25) is 5.95 Å². The van der Waals surface area contributed by atoms with Crippen LogP contribution in [0.1, 0.15) is 0 Å². The highest BCUT2D eigenvalue weighted by molar-refractivity contribution is 5.78. The van der Waals surface area contributed by atoms with Crippen LogP contribution in [0.5, 0.6) is 0 Å². The average molecular weight is 280 g/mol. The summed E-state index contributed by atoms with van der Waals surface area (Å²) in [5.74, 6) is 1.56. The number of aromatic nitrogens is 4. The number of para-hydroxylation sites is 2. The number of hydrogen-bond donors (Lipinski definition) is 2. The van der Waals surface area contributed by atoms with Crippen LogP contribution in [0.3, 0.4) is 0 Å². The molecule has 4 rings (SSSR count). The van der Waals surface area contributed by atoms with Crippen molar-refractivity contribution in [3.8, 4) is 11.5 Å². The molecule has 0 amide bonds. The average Bonchev–Trinajstić information content (AvgIpc) is 3.00. The van der Waals surface area contributed by atoms with Crippen molar-refractivity contribution in [1.29, 1.82) is 0 Å². The predicted molar refractivity (Wildman–Crippen MR) is 82.2 cm³/mol. The number of piperazine rings is 1. The molecule has 3 heterocycles. The van der Waals surface area contributed by atoms with E-state index >= 15 is 0 Å². The van der Waals surface area contributed by atoms with Gasteiger partial charge >= 0.3 is 0 Å². The lowest BCUT2D eigenvalue weighted by Gasteiger charge is -2.27. The van der Waals surface area contributed by atoms with Gasteiger partial charge in [0.25, 0.3) is 0 Å². The molecule has 0 atom stereocenters. The summed E-state index contributed by atoms with van der Waals surface area (Å²) < 4.78 is 0. The van der Waals surface area contributed by atoms with Gasteiger partial charge in [0, 0.05) is 32.4 Å². The predicted octanol–water partition coefficient (Wildman–Crippen LogP) is 1.43. The molecule has 1 aromatic carbocycles. The summed E-state index contributed by atoms with van der Waals surface area (Å²) in [7, 11) is 0. The summed E-state index contributed by atoms with van der Waals surface area (Å²) >= 11 is 0. The fraction of sp³-hybridized carbons (Fsp3) is 0.267. The van der Waals surface area contributed by atoms with Crippen LogP contribution in [0.4, 0.5) is 5.95 Å². The van der Waals surface area contributed by atoms with E-state index in [4.69, 9.17) is 0 Å². The number of imidazole rings is 1. The van der Waals surface area contributed by atoms with Crippen LogP contribution in [0, 0.1) is 0 Å². The van der Waals surface area contributed by atoms with Gasteiger partial charge in [-0.3, -0.25) is 0 Å². The molecular weight excluding hydrogens is 264 g/mol. The maximum Gasteiger partial charge on any atom is 0.226 e. The molecule has 0 radical (unpaired) electrons. The standard InChI is InChI=1S/C15H16N6/c1-2-4-12-11(3-1)18-14(19-12)13-5-6-17-15(20-13)21-9-7-16-8-10-21/h1-6,16H,7-10H2,(H,18,19). The lowest BCUT2D eigenvalue weighted by atomic mass is 10.3. The third-order valence-corrected chi connectivity index (χ3v) is 3.67. The maximum atomic E-state index is 4.66. The van der Waals surface area contributed by atoms with Crippen molar-refractivity contribution in [1.82, 2.24) is 25.3 Å². The number of hydrogen-bond acceptors (Lipinski definition) is 5. The zero-order valence-corrected chi connectivity index (χ0v) is 11.6. The van der Waals surface area contributed by atoms with Crippen LogP contribution >= 0.6 is 0 Å². The topological polar surface area (TPSA) is 69.7 Å². The van der Waals surface area contributed by atoms with Crippen LogP contribution in [-0.4, -0.2) is 46.1 Å². The summed E-state index contributed by atoms with van der Waals surface area (Å²) in [6.07, 6.45) is 1.80. The molecular formula is C15H16N6. The summed E-state index contributed by atoms with van der Waals surface area (Å²) in [6.45, 7) is 3.81. The fourth-order valence-corrected chi connectivity index (χ4v) is 2.57. The molecule has 1 aliphatic heterocycles. The van der Waals surface area contributed by atoms with Crippen molar-refractivity contribution in [3.63, 3.8) is 0 Å². The zero-order chi connectivity index (χ0) is 14.1. The molecule has 2 N–H and O–H groups in total. The number of H-pyrrole nitrogens is 1. The molecule has 6 heteroatoms. The Labute approximate surface area is 122 Å². The van der Waals surface area contributed by atoms with Crippen LogP contribution in [0.2, 0.25) is 0 Å². The molecule has 1 fully saturated rings. The third-order valence-electron chi connectivity index (χ3n) is 3.67. The number of benzene rings is 1. The van der Waals surface area contributed by atoms with Crippen molar-refractivity contribution in [3.05, 3.63) is 36.5 Å². The number of nitrogens with one attached hydrogen (secondary N) is 2. The van der Waals surface area contributed by atoms with Gasteiger partial charge in [-0.2, -0.15) is 0 Å². The van der Waals surface area contributed by atoms with Gasteiger partial charge in [-0.1, -0.05) is 12.1 Å². The smallest absolute Gasteiger partial charge is 0.226 e. The molecule has 1 aliphatic rings. The molecule has 106 valence electrons. The first-order valence-electron chi connectivity index (χ1n) is 7.14. The molecule has 0 aliphatic carbocycles. The van der Waals surface area contributed by atoms with Gasteiger partial charge in [0.05, 0.1) is 11.0 Å². The van der Waals surface area contributed by atoms with Crippen LogP contribution in [-0.2, 0) is 0 Å². The highest BCUT2D eigenvalue weighted by Crippen LogP contribution is 2.20. The summed E-state index contributed by atoms with van der Waals surface area (Å²) in [5.41, 5.74) is 2.81. The first-order chi connectivity index (χ1) is 10.4. The second kappa shape index (κ2) is 5.14. The summed E-state index contributed by atoms with van der Waals surface area (Å²) in [6, 6.07) is 9.89. The largest absolute Gasteiger partial charge is 0.338 e. The number of aromatic amines is 1. The Balaban J connectivity index is 1.71. The highest BCUT2D eigenvalue weighted by Gasteiger charge is 2.14. The fourth-order valence-electron chi connectivity index (χ4n) is 2.57. The Hall–Kier alpha value is -2.47. The second-order valence-electron chi connectivity index (χ2n) is 5.08. The second-order valence-corrected chi connectivity index (χ2v) is 5.08. The number of rotatable bonds is 2. The van der Waals surface area contributed by atoms with E-state index < -0.39 is 0 Å². The highest BCUT2D eigenvalue weighted by atomic mass is 15.3. The van der Waals surface area contributed by atoms with Gasteiger partial charge in [0.1, 0.15) is 5.69 Å². The molecule has 6 nitrogen and oxygen atoms in total. The van der Waals surface area contributed by atoms with E-state index in [1.165, 1.54) is 0 Å². The zero-order valence-electron chi connectivity index (χ0n) is 11.6. The molecule has 3 aromatic rings. The number of nitrogens with zero attached hydrogens (tertiary/aromatic N) is 4. The van der Waals surface area contributed by atoms with Gasteiger partial charge in [-0.15, -0.1) is 0 Å². The van der Waals surface area contributed by atoms with E-state index in [1.807, 2.05) is 30.3 Å². The molecule has 1 saturated heterocycles. The Morgan fingerprint density at radius 3 is 2.71 bits per heavy atom. The Morgan fingerprint density at radius 1 is 1.00 bits per heavy atom. The minimum atomic E-state index is 0.773. The minimum Gasteiger partial charge on any atom is -0.338 e. The SMILES string of the molecule is c1ccc2[nH]c(-c3ccnc(N4CCNCC4)n3)nc2c1. The first-order valence-corrected chi connectivity index (χ1v) is 7.14. The van der Waals surface area contributed by atoms with E-state index in [0.717, 1.165) is 54.7 Å². The van der Waals surface area contributed by atoms with Gasteiger partial charge in [0.15, 0.2) is 5.82 Å². The van der Waals surface area contributed by atoms with Crippen molar-refractivity contribution < 1.29 is 0 Å². The van der Waals surface area contributed by atoms with Gasteiger partial charge in [-0.05, 0) is 18.2 Å². The summed E-state index contributed by atoms with van der Waals surface area (Å²) in [5, 5.41) is 3.33. The quantitative estimate of drug-likeness (QED) is 0.743. The number of anilines is 1. The third kappa shape index (κ3) is 2.34. The van der Waals surface area contributed by atoms with E-state index in [1.54, 1.807) is 6.20 Å². The van der Waals surface area contributed by atoms with E-state index in [-0.39, 0.29) is 0 Å². The molecule has 2 aromatic heterocycles. The van der Waals surface area contributed by atoms with E-state index in [9.17, 15) is 0 Å². The molecule has 0 unspecified atom stereocenters. The Morgan fingerprint density at radius 2 is 1.86 bits per heavy atom. The van der Waals surface area contributed by atoms with Crippen molar-refractivity contribution in [2.45, 2.75) is 0 Å². The van der Waals surface area contributed by atoms with Gasteiger partial charge < -0.3 is 15.2 Å².